The number of nitrogens with one attached hydrogen (secondary N) is 1. The highest BCUT2D eigenvalue weighted by Crippen LogP contribution is 2.32. The quantitative estimate of drug-likeness (QED) is 0.568. The van der Waals surface area contributed by atoms with Crippen molar-refractivity contribution >= 4 is 39.2 Å². The van der Waals surface area contributed by atoms with Crippen molar-refractivity contribution in [2.45, 2.75) is 0 Å². The average Bonchev–Trinajstić information content (AvgIpc) is 3.09. The van der Waals surface area contributed by atoms with Gasteiger partial charge in [-0.05, 0) is 17.5 Å². The van der Waals surface area contributed by atoms with E-state index in [1.807, 2.05) is 22.9 Å². The van der Waals surface area contributed by atoms with Crippen molar-refractivity contribution in [3.63, 3.8) is 0 Å². The van der Waals surface area contributed by atoms with Crippen molar-refractivity contribution in [2.24, 2.45) is 0 Å². The van der Waals surface area contributed by atoms with Crippen LogP contribution in [0.5, 0.6) is 0 Å². The molecule has 0 radical (unpaired) electrons. The van der Waals surface area contributed by atoms with Crippen LogP contribution in [0.25, 0.3) is 10.6 Å². The molecule has 2 heterocycles. The highest BCUT2D eigenvalue weighted by molar-refractivity contribution is 7.16. The predicted molar refractivity (Wildman–Crippen MR) is 81.8 cm³/mol. The molecule has 100 valence electrons. The SMILES string of the molecule is O=[N+]([O-])c1ccccc1Nc1nc(-c2cccs2)cs1. The fourth-order valence-corrected chi connectivity index (χ4v) is 3.21. The van der Waals surface area contributed by atoms with Gasteiger partial charge in [-0.2, -0.15) is 0 Å². The number of benzene rings is 1. The van der Waals surface area contributed by atoms with Crippen LogP contribution >= 0.6 is 22.7 Å². The molecule has 0 saturated carbocycles. The van der Waals surface area contributed by atoms with Gasteiger partial charge in [-0.15, -0.1) is 22.7 Å². The molecule has 0 fully saturated rings. The van der Waals surface area contributed by atoms with Gasteiger partial charge in [0.2, 0.25) is 0 Å². The van der Waals surface area contributed by atoms with Gasteiger partial charge in [0.05, 0.1) is 15.5 Å². The molecule has 3 aromatic rings. The zero-order valence-corrected chi connectivity index (χ0v) is 11.8. The molecule has 0 unspecified atom stereocenters. The molecule has 1 aromatic carbocycles. The number of thiazole rings is 1. The number of aromatic nitrogens is 1. The van der Waals surface area contributed by atoms with Crippen molar-refractivity contribution in [3.8, 4) is 10.6 Å². The Kier molecular flexibility index (Phi) is 3.44. The van der Waals surface area contributed by atoms with Crippen molar-refractivity contribution < 1.29 is 4.92 Å². The van der Waals surface area contributed by atoms with Gasteiger partial charge in [-0.3, -0.25) is 10.1 Å². The largest absolute Gasteiger partial charge is 0.326 e. The van der Waals surface area contributed by atoms with Gasteiger partial charge in [0, 0.05) is 11.4 Å². The van der Waals surface area contributed by atoms with Crippen LogP contribution in [0.1, 0.15) is 0 Å². The van der Waals surface area contributed by atoms with Gasteiger partial charge in [-0.25, -0.2) is 4.98 Å². The van der Waals surface area contributed by atoms with E-state index in [0.29, 0.717) is 10.8 Å². The zero-order valence-electron chi connectivity index (χ0n) is 10.1. The van der Waals surface area contributed by atoms with Crippen LogP contribution in [0.4, 0.5) is 16.5 Å². The summed E-state index contributed by atoms with van der Waals surface area (Å²) in [5, 5.41) is 18.5. The molecule has 0 aliphatic carbocycles. The molecule has 5 nitrogen and oxygen atoms in total. The first-order valence-electron chi connectivity index (χ1n) is 5.74. The summed E-state index contributed by atoms with van der Waals surface area (Å²) in [5.74, 6) is 0. The maximum Gasteiger partial charge on any atom is 0.292 e. The third kappa shape index (κ3) is 2.54. The smallest absolute Gasteiger partial charge is 0.292 e. The van der Waals surface area contributed by atoms with E-state index in [1.54, 1.807) is 29.5 Å². The Labute approximate surface area is 122 Å². The Bertz CT molecular complexity index is 738. The first-order chi connectivity index (χ1) is 9.74. The molecule has 0 aliphatic heterocycles. The molecule has 20 heavy (non-hydrogen) atoms. The monoisotopic (exact) mass is 303 g/mol. The highest BCUT2D eigenvalue weighted by Gasteiger charge is 2.14. The predicted octanol–water partition coefficient (Wildman–Crippen LogP) is 4.52. The number of rotatable bonds is 4. The normalized spacial score (nSPS) is 10.4. The minimum Gasteiger partial charge on any atom is -0.326 e. The summed E-state index contributed by atoms with van der Waals surface area (Å²) < 4.78 is 0. The molecule has 3 rings (SSSR count). The van der Waals surface area contributed by atoms with Crippen molar-refractivity contribution in [3.05, 3.63) is 57.3 Å². The lowest BCUT2D eigenvalue weighted by atomic mass is 10.3. The molecule has 0 aliphatic rings. The summed E-state index contributed by atoms with van der Waals surface area (Å²) in [6, 6.07) is 10.5. The van der Waals surface area contributed by atoms with Gasteiger partial charge in [0.15, 0.2) is 5.13 Å². The molecular formula is C13H9N3O2S2. The van der Waals surface area contributed by atoms with Gasteiger partial charge >= 0.3 is 0 Å². The van der Waals surface area contributed by atoms with Crippen LogP contribution in [-0.2, 0) is 0 Å². The van der Waals surface area contributed by atoms with E-state index in [2.05, 4.69) is 10.3 Å². The molecule has 1 N–H and O–H groups in total. The second kappa shape index (κ2) is 5.40. The maximum atomic E-state index is 11.0. The number of para-hydroxylation sites is 2. The second-order valence-electron chi connectivity index (χ2n) is 3.91. The first kappa shape index (κ1) is 12.8. The van der Waals surface area contributed by atoms with Crippen molar-refractivity contribution in [1.82, 2.24) is 4.98 Å². The molecule has 0 saturated heterocycles. The Morgan fingerprint density at radius 2 is 2.00 bits per heavy atom. The molecule has 0 amide bonds. The Hall–Kier alpha value is -2.25. The van der Waals surface area contributed by atoms with E-state index in [1.165, 1.54) is 17.4 Å². The van der Waals surface area contributed by atoms with Crippen LogP contribution < -0.4 is 5.32 Å². The van der Waals surface area contributed by atoms with Gasteiger partial charge in [-0.1, -0.05) is 18.2 Å². The van der Waals surface area contributed by atoms with Gasteiger partial charge in [0.25, 0.3) is 5.69 Å². The molecule has 0 atom stereocenters. The minimum absolute atomic E-state index is 0.0420. The van der Waals surface area contributed by atoms with E-state index in [0.717, 1.165) is 10.6 Å². The summed E-state index contributed by atoms with van der Waals surface area (Å²) in [4.78, 5) is 16.1. The zero-order chi connectivity index (χ0) is 13.9. The summed E-state index contributed by atoms with van der Waals surface area (Å²) in [7, 11) is 0. The lowest BCUT2D eigenvalue weighted by Gasteiger charge is -2.02. The third-order valence-corrected chi connectivity index (χ3v) is 4.27. The van der Waals surface area contributed by atoms with Crippen LogP contribution in [0.3, 0.4) is 0 Å². The number of nitro groups is 1. The highest BCUT2D eigenvalue weighted by atomic mass is 32.1. The van der Waals surface area contributed by atoms with E-state index in [4.69, 9.17) is 0 Å². The number of hydrogen-bond donors (Lipinski definition) is 1. The fourth-order valence-electron chi connectivity index (χ4n) is 1.72. The van der Waals surface area contributed by atoms with Gasteiger partial charge < -0.3 is 5.32 Å². The minimum atomic E-state index is -0.407. The number of hydrogen-bond acceptors (Lipinski definition) is 6. The first-order valence-corrected chi connectivity index (χ1v) is 7.50. The Balaban J connectivity index is 1.87. The van der Waals surface area contributed by atoms with Crippen LogP contribution in [0.2, 0.25) is 0 Å². The number of nitrogens with zero attached hydrogens (tertiary/aromatic N) is 2. The van der Waals surface area contributed by atoms with Crippen LogP contribution in [0, 0.1) is 10.1 Å². The molecular weight excluding hydrogens is 294 g/mol. The molecule has 0 spiro atoms. The average molecular weight is 303 g/mol. The van der Waals surface area contributed by atoms with Gasteiger partial charge in [0.1, 0.15) is 5.69 Å². The van der Waals surface area contributed by atoms with Crippen molar-refractivity contribution in [2.75, 3.05) is 5.32 Å². The van der Waals surface area contributed by atoms with Crippen LogP contribution in [0.15, 0.2) is 47.2 Å². The van der Waals surface area contributed by atoms with Crippen LogP contribution in [-0.4, -0.2) is 9.91 Å². The number of anilines is 2. The van der Waals surface area contributed by atoms with E-state index >= 15 is 0 Å². The summed E-state index contributed by atoms with van der Waals surface area (Å²) in [6.45, 7) is 0. The number of thiophene rings is 1. The van der Waals surface area contributed by atoms with E-state index < -0.39 is 4.92 Å². The number of nitro benzene ring substituents is 1. The summed E-state index contributed by atoms with van der Waals surface area (Å²) >= 11 is 3.04. The third-order valence-electron chi connectivity index (χ3n) is 2.62. The second-order valence-corrected chi connectivity index (χ2v) is 5.72. The standard InChI is InChI=1S/C13H9N3O2S2/c17-16(18)11-5-2-1-4-9(11)14-13-15-10(8-20-13)12-6-3-7-19-12/h1-8H,(H,14,15). The maximum absolute atomic E-state index is 11.0. The summed E-state index contributed by atoms with van der Waals surface area (Å²) in [5.41, 5.74) is 1.37. The Morgan fingerprint density at radius 3 is 2.75 bits per heavy atom. The lowest BCUT2D eigenvalue weighted by molar-refractivity contribution is -0.383. The lowest BCUT2D eigenvalue weighted by Crippen LogP contribution is -1.96. The summed E-state index contributed by atoms with van der Waals surface area (Å²) in [6.07, 6.45) is 0. The van der Waals surface area contributed by atoms with E-state index in [9.17, 15) is 10.1 Å². The molecule has 7 heteroatoms. The topological polar surface area (TPSA) is 68.1 Å². The molecule has 2 aromatic heterocycles. The Morgan fingerprint density at radius 1 is 1.15 bits per heavy atom. The van der Waals surface area contributed by atoms with Crippen molar-refractivity contribution in [1.29, 1.82) is 0 Å². The molecule has 0 bridgehead atoms. The fraction of sp³-hybridized carbons (Fsp3) is 0. The van der Waals surface area contributed by atoms with E-state index in [-0.39, 0.29) is 5.69 Å².